The van der Waals surface area contributed by atoms with Crippen molar-refractivity contribution in [3.63, 3.8) is 0 Å². The Morgan fingerprint density at radius 1 is 1.29 bits per heavy atom. The van der Waals surface area contributed by atoms with Gasteiger partial charge in [-0.05, 0) is 55.8 Å². The molecule has 0 aliphatic carbocycles. The zero-order valence-electron chi connectivity index (χ0n) is 17.5. The first-order chi connectivity index (χ1) is 15.0. The Morgan fingerprint density at radius 2 is 2.10 bits per heavy atom. The predicted molar refractivity (Wildman–Crippen MR) is 124 cm³/mol. The maximum atomic E-state index is 6.44. The summed E-state index contributed by atoms with van der Waals surface area (Å²) in [7, 11) is 1.88. The molecule has 4 rings (SSSR count). The van der Waals surface area contributed by atoms with Gasteiger partial charge in [-0.3, -0.25) is 5.10 Å². The van der Waals surface area contributed by atoms with Crippen molar-refractivity contribution < 1.29 is 0 Å². The van der Waals surface area contributed by atoms with Crippen LogP contribution in [-0.4, -0.2) is 53.3 Å². The van der Waals surface area contributed by atoms with E-state index in [1.165, 1.54) is 0 Å². The summed E-state index contributed by atoms with van der Waals surface area (Å²) in [6.45, 7) is 4.20. The molecular formula is C21H28Cl2N8. The van der Waals surface area contributed by atoms with E-state index in [2.05, 4.69) is 36.0 Å². The van der Waals surface area contributed by atoms with Crippen molar-refractivity contribution >= 4 is 28.9 Å². The Kier molecular flexibility index (Phi) is 6.89. The molecule has 1 aromatic heterocycles. The summed E-state index contributed by atoms with van der Waals surface area (Å²) in [5, 5.41) is 18.8. The van der Waals surface area contributed by atoms with Crippen LogP contribution >= 0.6 is 23.2 Å². The van der Waals surface area contributed by atoms with Gasteiger partial charge in [0.2, 0.25) is 0 Å². The fourth-order valence-electron chi connectivity index (χ4n) is 3.99. The summed E-state index contributed by atoms with van der Waals surface area (Å²) in [6.07, 6.45) is 4.00. The maximum absolute atomic E-state index is 6.44. The summed E-state index contributed by atoms with van der Waals surface area (Å²) < 4.78 is 0. The van der Waals surface area contributed by atoms with Gasteiger partial charge in [-0.2, -0.15) is 5.10 Å². The molecule has 2 aliphatic rings. The molecule has 10 heteroatoms. The highest BCUT2D eigenvalue weighted by Crippen LogP contribution is 2.26. The van der Waals surface area contributed by atoms with Gasteiger partial charge >= 0.3 is 0 Å². The van der Waals surface area contributed by atoms with Gasteiger partial charge in [0, 0.05) is 42.6 Å². The summed E-state index contributed by atoms with van der Waals surface area (Å²) >= 11 is 12.6. The van der Waals surface area contributed by atoms with Gasteiger partial charge in [-0.15, -0.1) is 0 Å². The van der Waals surface area contributed by atoms with E-state index in [9.17, 15) is 0 Å². The Hall–Kier alpha value is -2.42. The van der Waals surface area contributed by atoms with Crippen molar-refractivity contribution in [3.8, 4) is 0 Å². The highest BCUT2D eigenvalue weighted by molar-refractivity contribution is 6.33. The minimum atomic E-state index is 0.389. The summed E-state index contributed by atoms with van der Waals surface area (Å²) in [5.74, 6) is 2.70. The van der Waals surface area contributed by atoms with Gasteiger partial charge in [0.15, 0.2) is 5.82 Å². The molecule has 0 amide bonds. The molecule has 6 N–H and O–H groups in total. The van der Waals surface area contributed by atoms with Crippen LogP contribution in [0.3, 0.4) is 0 Å². The van der Waals surface area contributed by atoms with Crippen LogP contribution in [0.4, 0.5) is 0 Å². The number of rotatable bonds is 6. The van der Waals surface area contributed by atoms with Crippen LogP contribution in [0.2, 0.25) is 10.0 Å². The molecule has 8 nitrogen and oxygen atoms in total. The molecule has 0 saturated carbocycles. The first-order valence-electron chi connectivity index (χ1n) is 10.5. The average molecular weight is 463 g/mol. The Labute approximate surface area is 192 Å². The van der Waals surface area contributed by atoms with E-state index in [4.69, 9.17) is 28.9 Å². The third-order valence-corrected chi connectivity index (χ3v) is 6.28. The van der Waals surface area contributed by atoms with Crippen molar-refractivity contribution in [1.82, 2.24) is 36.0 Å². The van der Waals surface area contributed by atoms with Crippen LogP contribution in [0.25, 0.3) is 5.70 Å². The van der Waals surface area contributed by atoms with Crippen molar-refractivity contribution in [2.24, 2.45) is 5.73 Å². The highest BCUT2D eigenvalue weighted by atomic mass is 35.5. The van der Waals surface area contributed by atoms with Crippen LogP contribution in [0.15, 0.2) is 35.8 Å². The number of aromatic nitrogens is 3. The molecule has 166 valence electrons. The molecular weight excluding hydrogens is 435 g/mol. The number of piperidine rings is 1. The average Bonchev–Trinajstić information content (AvgIpc) is 3.28. The first-order valence-corrected chi connectivity index (χ1v) is 11.3. The van der Waals surface area contributed by atoms with E-state index in [0.29, 0.717) is 34.0 Å². The molecule has 1 fully saturated rings. The third-order valence-electron chi connectivity index (χ3n) is 5.68. The van der Waals surface area contributed by atoms with Gasteiger partial charge in [-0.25, -0.2) is 4.98 Å². The first kappa shape index (κ1) is 21.8. The number of benzene rings is 1. The van der Waals surface area contributed by atoms with Crippen LogP contribution in [0.1, 0.15) is 36.0 Å². The summed E-state index contributed by atoms with van der Waals surface area (Å²) in [5.41, 5.74) is 8.83. The monoisotopic (exact) mass is 462 g/mol. The number of nitrogens with two attached hydrogens (primary N) is 1. The van der Waals surface area contributed by atoms with Gasteiger partial charge in [-0.1, -0.05) is 23.2 Å². The summed E-state index contributed by atoms with van der Waals surface area (Å²) in [6, 6.07) is 5.52. The van der Waals surface area contributed by atoms with Crippen molar-refractivity contribution in [1.29, 1.82) is 0 Å². The van der Waals surface area contributed by atoms with E-state index in [1.54, 1.807) is 6.07 Å². The van der Waals surface area contributed by atoms with Gasteiger partial charge in [0.25, 0.3) is 0 Å². The molecule has 0 unspecified atom stereocenters. The minimum absolute atomic E-state index is 0.389. The second-order valence-electron chi connectivity index (χ2n) is 7.76. The largest absolute Gasteiger partial charge is 0.396 e. The van der Waals surface area contributed by atoms with Crippen molar-refractivity contribution in [3.05, 3.63) is 63.1 Å². The number of hydrogen-bond acceptors (Lipinski definition) is 7. The van der Waals surface area contributed by atoms with E-state index < -0.39 is 0 Å². The van der Waals surface area contributed by atoms with E-state index in [1.807, 2.05) is 25.3 Å². The Morgan fingerprint density at radius 3 is 2.87 bits per heavy atom. The fourth-order valence-corrected chi connectivity index (χ4v) is 4.36. The zero-order chi connectivity index (χ0) is 21.8. The number of hydrogen-bond donors (Lipinski definition) is 5. The molecule has 3 heterocycles. The number of H-pyrrole nitrogens is 1. The van der Waals surface area contributed by atoms with Gasteiger partial charge < -0.3 is 26.6 Å². The number of nitrogens with zero attached hydrogens (tertiary/aromatic N) is 3. The quantitative estimate of drug-likeness (QED) is 0.448. The third kappa shape index (κ3) is 5.08. The smallest absolute Gasteiger partial charge is 0.197 e. The lowest BCUT2D eigenvalue weighted by molar-refractivity contribution is 0.316. The molecule has 31 heavy (non-hydrogen) atoms. The zero-order valence-corrected chi connectivity index (χ0v) is 19.0. The maximum Gasteiger partial charge on any atom is 0.197 e. The SMILES string of the molecule is CNC1=C(C=C(N)c2n[nH]c(C3CCNCC3)n2)N(Cc2cc(Cl)ccc2Cl)CCN1. The predicted octanol–water partition coefficient (Wildman–Crippen LogP) is 2.37. The number of allylic oxidation sites excluding steroid dienone is 1. The second-order valence-corrected chi connectivity index (χ2v) is 8.61. The van der Waals surface area contributed by atoms with Crippen LogP contribution in [0.5, 0.6) is 0 Å². The topological polar surface area (TPSA) is 107 Å². The van der Waals surface area contributed by atoms with Crippen molar-refractivity contribution in [2.75, 3.05) is 33.2 Å². The molecule has 1 saturated heterocycles. The molecule has 2 aromatic rings. The Balaban J connectivity index is 1.59. The molecule has 0 atom stereocenters. The van der Waals surface area contributed by atoms with Crippen molar-refractivity contribution in [2.45, 2.75) is 25.3 Å². The lowest BCUT2D eigenvalue weighted by atomic mass is 9.98. The molecule has 0 radical (unpaired) electrons. The van der Waals surface area contributed by atoms with Crippen LogP contribution < -0.4 is 21.7 Å². The molecule has 2 aliphatic heterocycles. The van der Waals surface area contributed by atoms with Crippen LogP contribution in [0, 0.1) is 0 Å². The number of aromatic amines is 1. The second kappa shape index (κ2) is 9.80. The normalized spacial score (nSPS) is 18.3. The Bertz CT molecular complexity index is 978. The van der Waals surface area contributed by atoms with E-state index in [0.717, 1.165) is 61.9 Å². The lowest BCUT2D eigenvalue weighted by Crippen LogP contribution is -2.42. The molecule has 1 aromatic carbocycles. The molecule has 0 spiro atoms. The number of nitrogens with one attached hydrogen (secondary N) is 4. The fraction of sp³-hybridized carbons (Fsp3) is 0.429. The van der Waals surface area contributed by atoms with Gasteiger partial charge in [0.1, 0.15) is 11.6 Å². The molecule has 0 bridgehead atoms. The summed E-state index contributed by atoms with van der Waals surface area (Å²) in [4.78, 5) is 6.89. The highest BCUT2D eigenvalue weighted by Gasteiger charge is 2.22. The van der Waals surface area contributed by atoms with Crippen LogP contribution in [-0.2, 0) is 6.54 Å². The number of halogens is 2. The van der Waals surface area contributed by atoms with E-state index >= 15 is 0 Å². The lowest BCUT2D eigenvalue weighted by Gasteiger charge is -2.33. The van der Waals surface area contributed by atoms with E-state index in [-0.39, 0.29) is 0 Å². The standard InChI is InChI=1S/C21H28Cl2N8/c1-25-21-18(31(9-8-27-21)12-14-10-15(22)2-3-16(14)23)11-17(24)20-28-19(29-30-20)13-4-6-26-7-5-13/h2-3,10-11,13,25-27H,4-9,12,24H2,1H3,(H,28,29,30). The minimum Gasteiger partial charge on any atom is -0.396 e. The van der Waals surface area contributed by atoms with Gasteiger partial charge in [0.05, 0.1) is 11.4 Å².